The van der Waals surface area contributed by atoms with Gasteiger partial charge in [-0.3, -0.25) is 4.79 Å². The second kappa shape index (κ2) is 8.94. The van der Waals surface area contributed by atoms with Crippen molar-refractivity contribution in [2.45, 2.75) is 31.1 Å². The molecule has 1 N–H and O–H groups in total. The lowest BCUT2D eigenvalue weighted by Gasteiger charge is -2.13. The molecule has 1 amide bonds. The van der Waals surface area contributed by atoms with E-state index in [2.05, 4.69) is 10.3 Å². The molecule has 0 fully saturated rings. The molecule has 6 nitrogen and oxygen atoms in total. The van der Waals surface area contributed by atoms with Crippen LogP contribution < -0.4 is 5.32 Å². The highest BCUT2D eigenvalue weighted by atomic mass is 35.5. The first-order chi connectivity index (χ1) is 12.2. The van der Waals surface area contributed by atoms with Crippen LogP contribution in [0.3, 0.4) is 0 Å². The van der Waals surface area contributed by atoms with Crippen LogP contribution in [0.4, 0.5) is 0 Å². The van der Waals surface area contributed by atoms with Crippen molar-refractivity contribution in [3.8, 4) is 0 Å². The number of nitrogens with zero attached hydrogens (tertiary/aromatic N) is 2. The lowest BCUT2D eigenvalue weighted by Crippen LogP contribution is -2.26. The Bertz CT molecular complexity index is 879. The summed E-state index contributed by atoms with van der Waals surface area (Å²) in [5.41, 5.74) is 1.19. The summed E-state index contributed by atoms with van der Waals surface area (Å²) >= 11 is 7.71. The third-order valence-electron chi connectivity index (χ3n) is 3.73. The van der Waals surface area contributed by atoms with E-state index >= 15 is 0 Å². The Balaban J connectivity index is 1.92. The molecule has 0 saturated heterocycles. The first-order valence-electron chi connectivity index (χ1n) is 8.13. The van der Waals surface area contributed by atoms with Crippen LogP contribution in [0.15, 0.2) is 28.5 Å². The highest BCUT2D eigenvalue weighted by Crippen LogP contribution is 2.22. The number of aromatic nitrogens is 1. The number of carbonyl (C=O) groups excluding carboxylic acids is 1. The van der Waals surface area contributed by atoms with Gasteiger partial charge < -0.3 is 5.32 Å². The van der Waals surface area contributed by atoms with Gasteiger partial charge >= 0.3 is 0 Å². The van der Waals surface area contributed by atoms with Crippen LogP contribution in [0.2, 0.25) is 5.02 Å². The summed E-state index contributed by atoms with van der Waals surface area (Å²) in [5, 5.41) is 6.13. The number of sulfonamides is 1. The van der Waals surface area contributed by atoms with E-state index in [-0.39, 0.29) is 21.4 Å². The van der Waals surface area contributed by atoms with E-state index in [0.29, 0.717) is 6.54 Å². The number of carbonyl (C=O) groups is 1. The first kappa shape index (κ1) is 20.8. The minimum absolute atomic E-state index is 0.0381. The van der Waals surface area contributed by atoms with Crippen LogP contribution in [-0.4, -0.2) is 44.3 Å². The van der Waals surface area contributed by atoms with Gasteiger partial charge in [-0.2, -0.15) is 0 Å². The number of thiazole rings is 1. The Kier molecular flexibility index (Phi) is 7.16. The molecule has 0 radical (unpaired) electrons. The van der Waals surface area contributed by atoms with Gasteiger partial charge in [-0.25, -0.2) is 17.7 Å². The minimum Gasteiger partial charge on any atom is -0.352 e. The molecule has 0 spiro atoms. The summed E-state index contributed by atoms with van der Waals surface area (Å²) in [4.78, 5) is 16.8. The van der Waals surface area contributed by atoms with Crippen LogP contribution in [0.1, 0.15) is 33.9 Å². The number of benzene rings is 1. The Morgan fingerprint density at radius 1 is 1.31 bits per heavy atom. The number of nitrogens with one attached hydrogen (secondary N) is 1. The van der Waals surface area contributed by atoms with Gasteiger partial charge in [0.05, 0.1) is 20.5 Å². The molecule has 2 aromatic rings. The number of unbranched alkanes of at least 4 members (excludes halogenated alkanes) is 1. The topological polar surface area (TPSA) is 79.4 Å². The lowest BCUT2D eigenvalue weighted by molar-refractivity contribution is 0.0953. The van der Waals surface area contributed by atoms with E-state index < -0.39 is 10.0 Å². The Morgan fingerprint density at radius 3 is 2.65 bits per heavy atom. The predicted octanol–water partition coefficient (Wildman–Crippen LogP) is 3.11. The van der Waals surface area contributed by atoms with Crippen LogP contribution in [0.25, 0.3) is 0 Å². The SMILES string of the molecule is Cc1csc(CCCCNC(=O)c2cc(S(=O)(=O)N(C)C)ccc2Cl)n1. The fourth-order valence-electron chi connectivity index (χ4n) is 2.27. The molecule has 1 heterocycles. The normalized spacial score (nSPS) is 11.7. The Morgan fingerprint density at radius 2 is 2.04 bits per heavy atom. The molecule has 1 aromatic carbocycles. The first-order valence-corrected chi connectivity index (χ1v) is 10.8. The number of rotatable bonds is 8. The largest absolute Gasteiger partial charge is 0.352 e. The van der Waals surface area contributed by atoms with Gasteiger partial charge in [0.25, 0.3) is 5.91 Å². The van der Waals surface area contributed by atoms with Gasteiger partial charge in [-0.05, 0) is 44.4 Å². The average Bonchev–Trinajstić information content (AvgIpc) is 2.99. The van der Waals surface area contributed by atoms with Crippen LogP contribution in [0.5, 0.6) is 0 Å². The predicted molar refractivity (Wildman–Crippen MR) is 104 cm³/mol. The second-order valence-electron chi connectivity index (χ2n) is 6.02. The second-order valence-corrected chi connectivity index (χ2v) is 9.53. The molecule has 0 unspecified atom stereocenters. The summed E-state index contributed by atoms with van der Waals surface area (Å²) < 4.78 is 25.5. The molecule has 0 atom stereocenters. The van der Waals surface area contributed by atoms with Crippen LogP contribution in [0, 0.1) is 6.92 Å². The number of aryl methyl sites for hydroxylation is 2. The monoisotopic (exact) mass is 415 g/mol. The summed E-state index contributed by atoms with van der Waals surface area (Å²) in [7, 11) is -0.742. The number of hydrogen-bond donors (Lipinski definition) is 1. The fourth-order valence-corrected chi connectivity index (χ4v) is 4.22. The van der Waals surface area contributed by atoms with Gasteiger partial charge in [0.1, 0.15) is 0 Å². The zero-order chi connectivity index (χ0) is 19.3. The maximum atomic E-state index is 12.3. The van der Waals surface area contributed by atoms with Crippen molar-refractivity contribution in [1.82, 2.24) is 14.6 Å². The summed E-state index contributed by atoms with van der Waals surface area (Å²) in [6, 6.07) is 4.13. The molecular weight excluding hydrogens is 394 g/mol. The molecule has 1 aromatic heterocycles. The van der Waals surface area contributed by atoms with E-state index in [9.17, 15) is 13.2 Å². The summed E-state index contributed by atoms with van der Waals surface area (Å²) in [6.07, 6.45) is 2.60. The quantitative estimate of drug-likeness (QED) is 0.672. The van der Waals surface area contributed by atoms with Gasteiger partial charge in [0.15, 0.2) is 0 Å². The van der Waals surface area contributed by atoms with Crippen molar-refractivity contribution in [3.63, 3.8) is 0 Å². The van der Waals surface area contributed by atoms with Crippen molar-refractivity contribution in [2.24, 2.45) is 0 Å². The number of hydrogen-bond acceptors (Lipinski definition) is 5. The zero-order valence-corrected chi connectivity index (χ0v) is 17.3. The maximum Gasteiger partial charge on any atom is 0.252 e. The van der Waals surface area contributed by atoms with E-state index in [1.54, 1.807) is 11.3 Å². The van der Waals surface area contributed by atoms with E-state index in [4.69, 9.17) is 11.6 Å². The number of amides is 1. The third-order valence-corrected chi connectivity index (χ3v) is 6.90. The standard InChI is InChI=1S/C17H22ClN3O3S2/c1-12-11-25-16(20-12)6-4-5-9-19-17(22)14-10-13(7-8-15(14)18)26(23,24)21(2)3/h7-8,10-11H,4-6,9H2,1-3H3,(H,19,22). The number of halogens is 1. The van der Waals surface area contributed by atoms with Gasteiger partial charge in [-0.15, -0.1) is 11.3 Å². The molecule has 0 saturated carbocycles. The molecule has 142 valence electrons. The molecule has 0 aliphatic heterocycles. The molecule has 26 heavy (non-hydrogen) atoms. The zero-order valence-electron chi connectivity index (χ0n) is 15.0. The molecule has 2 rings (SSSR count). The molecule has 0 aliphatic rings. The maximum absolute atomic E-state index is 12.3. The molecule has 0 aliphatic carbocycles. The third kappa shape index (κ3) is 5.26. The smallest absolute Gasteiger partial charge is 0.252 e. The highest BCUT2D eigenvalue weighted by Gasteiger charge is 2.20. The van der Waals surface area contributed by atoms with Crippen molar-refractivity contribution >= 4 is 38.9 Å². The van der Waals surface area contributed by atoms with Gasteiger partial charge in [-0.1, -0.05) is 11.6 Å². The molecule has 0 bridgehead atoms. The van der Waals surface area contributed by atoms with E-state index in [0.717, 1.165) is 34.3 Å². The van der Waals surface area contributed by atoms with Crippen LogP contribution >= 0.6 is 22.9 Å². The van der Waals surface area contributed by atoms with E-state index in [1.807, 2.05) is 12.3 Å². The Labute approximate surface area is 163 Å². The van der Waals surface area contributed by atoms with Crippen molar-refractivity contribution in [1.29, 1.82) is 0 Å². The fraction of sp³-hybridized carbons (Fsp3) is 0.412. The minimum atomic E-state index is -3.62. The van der Waals surface area contributed by atoms with Crippen molar-refractivity contribution in [3.05, 3.63) is 44.9 Å². The van der Waals surface area contributed by atoms with Gasteiger partial charge in [0, 0.05) is 31.7 Å². The Hall–Kier alpha value is -1.48. The van der Waals surface area contributed by atoms with Crippen molar-refractivity contribution in [2.75, 3.05) is 20.6 Å². The molecule has 9 heteroatoms. The van der Waals surface area contributed by atoms with Gasteiger partial charge in [0.2, 0.25) is 10.0 Å². The average molecular weight is 416 g/mol. The van der Waals surface area contributed by atoms with E-state index in [1.165, 1.54) is 32.3 Å². The van der Waals surface area contributed by atoms with Crippen LogP contribution in [-0.2, 0) is 16.4 Å². The summed E-state index contributed by atoms with van der Waals surface area (Å²) in [5.74, 6) is -0.379. The highest BCUT2D eigenvalue weighted by molar-refractivity contribution is 7.89. The summed E-state index contributed by atoms with van der Waals surface area (Å²) in [6.45, 7) is 2.46. The lowest BCUT2D eigenvalue weighted by atomic mass is 10.2. The molecular formula is C17H22ClN3O3S2. The van der Waals surface area contributed by atoms with Crippen molar-refractivity contribution < 1.29 is 13.2 Å².